The summed E-state index contributed by atoms with van der Waals surface area (Å²) in [5, 5.41) is 3.43. The first-order valence-electron chi connectivity index (χ1n) is 7.60. The molecule has 2 nitrogen and oxygen atoms in total. The first-order chi connectivity index (χ1) is 9.11. The number of nitrogens with one attached hydrogen (secondary N) is 1. The normalized spacial score (nSPS) is 12.7. The van der Waals surface area contributed by atoms with Crippen LogP contribution in [-0.2, 0) is 6.42 Å². The summed E-state index contributed by atoms with van der Waals surface area (Å²) in [6, 6.07) is 9.10. The molecule has 0 aliphatic rings. The quantitative estimate of drug-likeness (QED) is 0.675. The molecule has 0 amide bonds. The third kappa shape index (κ3) is 7.22. The lowest BCUT2D eigenvalue weighted by Crippen LogP contribution is -2.25. The summed E-state index contributed by atoms with van der Waals surface area (Å²) < 4.78 is 5.93. The van der Waals surface area contributed by atoms with Crippen LogP contribution in [-0.4, -0.2) is 18.7 Å². The van der Waals surface area contributed by atoms with Crippen molar-refractivity contribution < 1.29 is 4.74 Å². The molecular weight excluding hydrogens is 234 g/mol. The van der Waals surface area contributed by atoms with Crippen LogP contribution in [0, 0.1) is 0 Å². The van der Waals surface area contributed by atoms with E-state index in [0.717, 1.165) is 31.6 Å². The van der Waals surface area contributed by atoms with E-state index in [0.29, 0.717) is 6.04 Å². The molecule has 0 aliphatic carbocycles. The molecule has 108 valence electrons. The molecule has 0 aromatic heterocycles. The Morgan fingerprint density at radius 1 is 1.11 bits per heavy atom. The molecule has 0 radical (unpaired) electrons. The van der Waals surface area contributed by atoms with Gasteiger partial charge in [-0.3, -0.25) is 0 Å². The molecule has 1 N–H and O–H groups in total. The van der Waals surface area contributed by atoms with Crippen molar-refractivity contribution in [1.82, 2.24) is 5.32 Å². The predicted molar refractivity (Wildman–Crippen MR) is 82.9 cm³/mol. The van der Waals surface area contributed by atoms with Gasteiger partial charge in [-0.05, 0) is 50.4 Å². The van der Waals surface area contributed by atoms with Crippen molar-refractivity contribution in [3.8, 4) is 5.75 Å². The summed E-state index contributed by atoms with van der Waals surface area (Å²) in [6.07, 6.45) is 4.88. The summed E-state index contributed by atoms with van der Waals surface area (Å²) >= 11 is 0. The van der Waals surface area contributed by atoms with E-state index >= 15 is 0 Å². The van der Waals surface area contributed by atoms with Crippen molar-refractivity contribution in [3.63, 3.8) is 0 Å². The van der Waals surface area contributed by atoms with Crippen molar-refractivity contribution >= 4 is 0 Å². The number of aryl methyl sites for hydroxylation is 1. The second kappa shape index (κ2) is 8.98. The van der Waals surface area contributed by atoms with Gasteiger partial charge in [0.2, 0.25) is 0 Å². The number of benzene rings is 1. The molecule has 1 unspecified atom stereocenters. The van der Waals surface area contributed by atoms with Gasteiger partial charge < -0.3 is 10.1 Å². The molecule has 0 aliphatic heterocycles. The van der Waals surface area contributed by atoms with E-state index in [4.69, 9.17) is 4.74 Å². The van der Waals surface area contributed by atoms with E-state index in [2.05, 4.69) is 57.3 Å². The fourth-order valence-corrected chi connectivity index (χ4v) is 2.09. The second-order valence-electron chi connectivity index (χ2n) is 5.57. The summed E-state index contributed by atoms with van der Waals surface area (Å²) in [7, 11) is 0. The molecular formula is C17H29NO. The van der Waals surface area contributed by atoms with Gasteiger partial charge in [-0.15, -0.1) is 0 Å². The fourth-order valence-electron chi connectivity index (χ4n) is 2.09. The van der Waals surface area contributed by atoms with Gasteiger partial charge in [-0.2, -0.15) is 0 Å². The summed E-state index contributed by atoms with van der Waals surface area (Å²) in [5.74, 6) is 0.990. The SMILES string of the molecule is CCCc1ccc(OC(C)CCCNC(C)C)cc1. The Bertz CT molecular complexity index is 332. The maximum atomic E-state index is 5.93. The van der Waals surface area contributed by atoms with Gasteiger partial charge in [-0.25, -0.2) is 0 Å². The highest BCUT2D eigenvalue weighted by Gasteiger charge is 2.04. The second-order valence-corrected chi connectivity index (χ2v) is 5.57. The molecule has 19 heavy (non-hydrogen) atoms. The Kier molecular flexibility index (Phi) is 7.57. The Morgan fingerprint density at radius 2 is 1.79 bits per heavy atom. The van der Waals surface area contributed by atoms with E-state index in [1.807, 2.05) is 0 Å². The minimum Gasteiger partial charge on any atom is -0.491 e. The maximum absolute atomic E-state index is 5.93. The Balaban J connectivity index is 2.25. The third-order valence-corrected chi connectivity index (χ3v) is 3.14. The average molecular weight is 263 g/mol. The Morgan fingerprint density at radius 3 is 2.37 bits per heavy atom. The minimum absolute atomic E-state index is 0.283. The van der Waals surface area contributed by atoms with Crippen molar-refractivity contribution in [1.29, 1.82) is 0 Å². The highest BCUT2D eigenvalue weighted by atomic mass is 16.5. The predicted octanol–water partition coefficient (Wildman–Crippen LogP) is 4.18. The lowest BCUT2D eigenvalue weighted by atomic mass is 10.1. The smallest absolute Gasteiger partial charge is 0.119 e. The van der Waals surface area contributed by atoms with Crippen LogP contribution in [0.4, 0.5) is 0 Å². The fraction of sp³-hybridized carbons (Fsp3) is 0.647. The largest absolute Gasteiger partial charge is 0.491 e. The zero-order valence-electron chi connectivity index (χ0n) is 12.9. The van der Waals surface area contributed by atoms with E-state index in [9.17, 15) is 0 Å². The highest BCUT2D eigenvalue weighted by molar-refractivity contribution is 5.27. The van der Waals surface area contributed by atoms with Crippen molar-refractivity contribution in [2.24, 2.45) is 0 Å². The average Bonchev–Trinajstić information content (AvgIpc) is 2.37. The van der Waals surface area contributed by atoms with Crippen LogP contribution < -0.4 is 10.1 Å². The summed E-state index contributed by atoms with van der Waals surface area (Å²) in [5.41, 5.74) is 1.39. The number of ether oxygens (including phenoxy) is 1. The topological polar surface area (TPSA) is 21.3 Å². The van der Waals surface area contributed by atoms with Crippen LogP contribution in [0.1, 0.15) is 52.5 Å². The molecule has 0 fully saturated rings. The van der Waals surface area contributed by atoms with Crippen molar-refractivity contribution in [3.05, 3.63) is 29.8 Å². The molecule has 1 aromatic carbocycles. The van der Waals surface area contributed by atoms with Crippen LogP contribution in [0.15, 0.2) is 24.3 Å². The molecule has 0 saturated heterocycles. The minimum atomic E-state index is 0.283. The van der Waals surface area contributed by atoms with E-state index in [1.165, 1.54) is 12.0 Å². The van der Waals surface area contributed by atoms with Gasteiger partial charge in [0.15, 0.2) is 0 Å². The lowest BCUT2D eigenvalue weighted by Gasteiger charge is -2.15. The molecule has 0 spiro atoms. The molecule has 0 saturated carbocycles. The monoisotopic (exact) mass is 263 g/mol. The van der Waals surface area contributed by atoms with E-state index in [-0.39, 0.29) is 6.10 Å². The zero-order valence-corrected chi connectivity index (χ0v) is 12.9. The molecule has 1 atom stereocenters. The first-order valence-corrected chi connectivity index (χ1v) is 7.60. The number of hydrogen-bond acceptors (Lipinski definition) is 2. The van der Waals surface area contributed by atoms with Crippen LogP contribution in [0.2, 0.25) is 0 Å². The highest BCUT2D eigenvalue weighted by Crippen LogP contribution is 2.16. The first kappa shape index (κ1) is 16.0. The summed E-state index contributed by atoms with van der Waals surface area (Å²) in [6.45, 7) is 9.78. The lowest BCUT2D eigenvalue weighted by molar-refractivity contribution is 0.207. The molecule has 1 aromatic rings. The van der Waals surface area contributed by atoms with Crippen molar-refractivity contribution in [2.45, 2.75) is 65.5 Å². The van der Waals surface area contributed by atoms with Crippen LogP contribution in [0.5, 0.6) is 5.75 Å². The summed E-state index contributed by atoms with van der Waals surface area (Å²) in [4.78, 5) is 0. The van der Waals surface area contributed by atoms with Gasteiger partial charge in [0.05, 0.1) is 6.10 Å². The maximum Gasteiger partial charge on any atom is 0.119 e. The van der Waals surface area contributed by atoms with Gasteiger partial charge in [-0.1, -0.05) is 39.3 Å². The number of hydrogen-bond donors (Lipinski definition) is 1. The van der Waals surface area contributed by atoms with Crippen LogP contribution in [0.3, 0.4) is 0 Å². The van der Waals surface area contributed by atoms with E-state index < -0.39 is 0 Å². The third-order valence-electron chi connectivity index (χ3n) is 3.14. The van der Waals surface area contributed by atoms with Gasteiger partial charge >= 0.3 is 0 Å². The Hall–Kier alpha value is -1.02. The molecule has 0 heterocycles. The van der Waals surface area contributed by atoms with Gasteiger partial charge in [0.25, 0.3) is 0 Å². The zero-order chi connectivity index (χ0) is 14.1. The molecule has 1 rings (SSSR count). The van der Waals surface area contributed by atoms with Gasteiger partial charge in [0, 0.05) is 6.04 Å². The van der Waals surface area contributed by atoms with E-state index in [1.54, 1.807) is 0 Å². The van der Waals surface area contributed by atoms with Crippen molar-refractivity contribution in [2.75, 3.05) is 6.54 Å². The standard InChI is InChI=1S/C17H29NO/c1-5-7-16-9-11-17(12-10-16)19-15(4)8-6-13-18-14(2)3/h9-12,14-15,18H,5-8,13H2,1-4H3. The molecule has 2 heteroatoms. The molecule has 0 bridgehead atoms. The van der Waals surface area contributed by atoms with Crippen LogP contribution >= 0.6 is 0 Å². The Labute approximate surface area is 118 Å². The van der Waals surface area contributed by atoms with Gasteiger partial charge in [0.1, 0.15) is 5.75 Å². The van der Waals surface area contributed by atoms with Crippen LogP contribution in [0.25, 0.3) is 0 Å². The number of rotatable bonds is 9.